The highest BCUT2D eigenvalue weighted by molar-refractivity contribution is 7.98. The van der Waals surface area contributed by atoms with Gasteiger partial charge in [0.05, 0.1) is 12.7 Å². The molecule has 0 unspecified atom stereocenters. The molecule has 2 rings (SSSR count). The van der Waals surface area contributed by atoms with Gasteiger partial charge in [-0.15, -0.1) is 5.10 Å². The molecular formula is C12H13N3O3S. The maximum Gasteiger partial charge on any atom is 0.335 e. The van der Waals surface area contributed by atoms with Crippen LogP contribution in [-0.2, 0) is 5.75 Å². The summed E-state index contributed by atoms with van der Waals surface area (Å²) in [5.41, 5.74) is 1.04. The zero-order valence-electron chi connectivity index (χ0n) is 10.5. The zero-order chi connectivity index (χ0) is 13.8. The third-order valence-corrected chi connectivity index (χ3v) is 3.36. The van der Waals surface area contributed by atoms with Gasteiger partial charge >= 0.3 is 5.97 Å². The second-order valence-corrected chi connectivity index (χ2v) is 4.77. The van der Waals surface area contributed by atoms with E-state index in [9.17, 15) is 4.79 Å². The van der Waals surface area contributed by atoms with Crippen molar-refractivity contribution in [1.82, 2.24) is 15.2 Å². The molecule has 2 aromatic rings. The highest BCUT2D eigenvalue weighted by atomic mass is 32.2. The number of rotatable bonds is 5. The summed E-state index contributed by atoms with van der Waals surface area (Å²) in [6.07, 6.45) is 0. The van der Waals surface area contributed by atoms with Crippen LogP contribution in [0.2, 0.25) is 0 Å². The lowest BCUT2D eigenvalue weighted by Crippen LogP contribution is -1.99. The Morgan fingerprint density at radius 3 is 2.89 bits per heavy atom. The molecule has 0 radical (unpaired) electrons. The molecule has 0 saturated heterocycles. The molecule has 0 fully saturated rings. The van der Waals surface area contributed by atoms with Crippen molar-refractivity contribution < 1.29 is 14.6 Å². The quantitative estimate of drug-likeness (QED) is 0.815. The van der Waals surface area contributed by atoms with Crippen LogP contribution < -0.4 is 4.74 Å². The van der Waals surface area contributed by atoms with Crippen molar-refractivity contribution in [3.63, 3.8) is 0 Å². The number of aryl methyl sites for hydroxylation is 1. The summed E-state index contributed by atoms with van der Waals surface area (Å²) in [5.74, 6) is 0.989. The van der Waals surface area contributed by atoms with Gasteiger partial charge in [-0.05, 0) is 25.1 Å². The van der Waals surface area contributed by atoms with Crippen LogP contribution in [0.1, 0.15) is 21.7 Å². The molecule has 0 atom stereocenters. The fraction of sp³-hybridized carbons (Fsp3) is 0.250. The van der Waals surface area contributed by atoms with Gasteiger partial charge in [0.2, 0.25) is 5.16 Å². The van der Waals surface area contributed by atoms with Crippen molar-refractivity contribution in [2.75, 3.05) is 7.11 Å². The van der Waals surface area contributed by atoms with Crippen molar-refractivity contribution >= 4 is 17.7 Å². The Kier molecular flexibility index (Phi) is 4.06. The van der Waals surface area contributed by atoms with Crippen LogP contribution in [0.5, 0.6) is 5.75 Å². The molecule has 0 amide bonds. The molecule has 100 valence electrons. The number of H-pyrrole nitrogens is 1. The Morgan fingerprint density at radius 2 is 2.32 bits per heavy atom. The van der Waals surface area contributed by atoms with Gasteiger partial charge in [0.15, 0.2) is 0 Å². The van der Waals surface area contributed by atoms with Crippen LogP contribution in [0, 0.1) is 6.92 Å². The van der Waals surface area contributed by atoms with Gasteiger partial charge in [0.25, 0.3) is 0 Å². The van der Waals surface area contributed by atoms with E-state index in [2.05, 4.69) is 15.2 Å². The highest BCUT2D eigenvalue weighted by Gasteiger charge is 2.10. The lowest BCUT2D eigenvalue weighted by molar-refractivity contribution is 0.0696. The van der Waals surface area contributed by atoms with Crippen molar-refractivity contribution in [2.45, 2.75) is 17.8 Å². The van der Waals surface area contributed by atoms with Crippen molar-refractivity contribution in [2.24, 2.45) is 0 Å². The van der Waals surface area contributed by atoms with Crippen molar-refractivity contribution in [1.29, 1.82) is 0 Å². The van der Waals surface area contributed by atoms with E-state index in [1.54, 1.807) is 19.2 Å². The number of nitrogens with one attached hydrogen (secondary N) is 1. The number of nitrogens with zero attached hydrogens (tertiary/aromatic N) is 2. The number of thioether (sulfide) groups is 1. The molecule has 0 aliphatic carbocycles. The zero-order valence-corrected chi connectivity index (χ0v) is 11.3. The topological polar surface area (TPSA) is 88.1 Å². The average Bonchev–Trinajstić information content (AvgIpc) is 2.81. The Morgan fingerprint density at radius 1 is 1.53 bits per heavy atom. The summed E-state index contributed by atoms with van der Waals surface area (Å²) < 4.78 is 5.22. The molecule has 1 aromatic heterocycles. The largest absolute Gasteiger partial charge is 0.496 e. The number of carboxylic acid groups (broad SMARTS) is 1. The third-order valence-electron chi connectivity index (χ3n) is 2.46. The standard InChI is InChI=1S/C12H13N3O3S/c1-7-13-12(15-14-7)19-6-9-5-8(11(16)17)3-4-10(9)18-2/h3-5H,6H2,1-2H3,(H,16,17)(H,13,14,15). The number of hydrogen-bond donors (Lipinski definition) is 2. The number of carboxylic acids is 1. The number of methoxy groups -OCH3 is 1. The number of aromatic carboxylic acids is 1. The predicted octanol–water partition coefficient (Wildman–Crippen LogP) is 2.11. The van der Waals surface area contributed by atoms with E-state index in [4.69, 9.17) is 9.84 Å². The minimum absolute atomic E-state index is 0.238. The molecule has 0 bridgehead atoms. The van der Waals surface area contributed by atoms with E-state index in [-0.39, 0.29) is 5.56 Å². The summed E-state index contributed by atoms with van der Waals surface area (Å²) in [4.78, 5) is 15.1. The van der Waals surface area contributed by atoms with Gasteiger partial charge in [0.1, 0.15) is 11.6 Å². The van der Waals surface area contributed by atoms with Gasteiger partial charge in [0, 0.05) is 11.3 Å². The fourth-order valence-corrected chi connectivity index (χ4v) is 2.38. The molecule has 1 aromatic carbocycles. The Hall–Kier alpha value is -2.02. The Bertz CT molecular complexity index is 598. The van der Waals surface area contributed by atoms with Gasteiger partial charge in [-0.3, -0.25) is 5.10 Å². The summed E-state index contributed by atoms with van der Waals surface area (Å²) in [5, 5.41) is 16.4. The molecule has 7 heteroatoms. The summed E-state index contributed by atoms with van der Waals surface area (Å²) in [6, 6.07) is 4.78. The van der Waals surface area contributed by atoms with E-state index in [0.717, 1.165) is 11.4 Å². The van der Waals surface area contributed by atoms with Crippen LogP contribution in [-0.4, -0.2) is 33.4 Å². The summed E-state index contributed by atoms with van der Waals surface area (Å²) in [6.45, 7) is 1.82. The number of aromatic amines is 1. The first kappa shape index (κ1) is 13.4. The first-order valence-electron chi connectivity index (χ1n) is 5.52. The number of ether oxygens (including phenoxy) is 1. The maximum atomic E-state index is 11.0. The van der Waals surface area contributed by atoms with E-state index in [1.165, 1.54) is 17.8 Å². The van der Waals surface area contributed by atoms with Gasteiger partial charge in [-0.25, -0.2) is 9.78 Å². The molecule has 0 saturated carbocycles. The minimum atomic E-state index is -0.956. The molecule has 0 aliphatic heterocycles. The van der Waals surface area contributed by atoms with Gasteiger partial charge in [-0.1, -0.05) is 11.8 Å². The van der Waals surface area contributed by atoms with Crippen LogP contribution in [0.15, 0.2) is 23.4 Å². The van der Waals surface area contributed by atoms with Crippen LogP contribution in [0.3, 0.4) is 0 Å². The molecule has 1 heterocycles. The van der Waals surface area contributed by atoms with E-state index < -0.39 is 5.97 Å². The van der Waals surface area contributed by atoms with Gasteiger partial charge < -0.3 is 9.84 Å². The lowest BCUT2D eigenvalue weighted by Gasteiger charge is -2.08. The van der Waals surface area contributed by atoms with Crippen molar-refractivity contribution in [3.8, 4) is 5.75 Å². The summed E-state index contributed by atoms with van der Waals surface area (Å²) >= 11 is 1.42. The Balaban J connectivity index is 2.17. The SMILES string of the molecule is COc1ccc(C(=O)O)cc1CSc1n[nH]c(C)n1. The van der Waals surface area contributed by atoms with Crippen LogP contribution >= 0.6 is 11.8 Å². The predicted molar refractivity (Wildman–Crippen MR) is 70.6 cm³/mol. The van der Waals surface area contributed by atoms with Crippen LogP contribution in [0.25, 0.3) is 0 Å². The lowest BCUT2D eigenvalue weighted by atomic mass is 10.1. The smallest absolute Gasteiger partial charge is 0.335 e. The maximum absolute atomic E-state index is 11.0. The first-order chi connectivity index (χ1) is 9.10. The molecule has 0 aliphatic rings. The molecule has 6 nitrogen and oxygen atoms in total. The van der Waals surface area contributed by atoms with Crippen molar-refractivity contribution in [3.05, 3.63) is 35.2 Å². The molecule has 19 heavy (non-hydrogen) atoms. The van der Waals surface area contributed by atoms with E-state index in [1.807, 2.05) is 6.92 Å². The number of hydrogen-bond acceptors (Lipinski definition) is 5. The number of aromatic nitrogens is 3. The van der Waals surface area contributed by atoms with E-state index in [0.29, 0.717) is 16.7 Å². The number of benzene rings is 1. The minimum Gasteiger partial charge on any atom is -0.496 e. The summed E-state index contributed by atoms with van der Waals surface area (Å²) in [7, 11) is 1.56. The molecule has 2 N–H and O–H groups in total. The van der Waals surface area contributed by atoms with Gasteiger partial charge in [-0.2, -0.15) is 0 Å². The fourth-order valence-electron chi connectivity index (χ4n) is 1.55. The van der Waals surface area contributed by atoms with E-state index >= 15 is 0 Å². The molecule has 0 spiro atoms. The highest BCUT2D eigenvalue weighted by Crippen LogP contribution is 2.27. The second-order valence-electron chi connectivity index (χ2n) is 3.82. The first-order valence-corrected chi connectivity index (χ1v) is 6.50. The Labute approximate surface area is 114 Å². The monoisotopic (exact) mass is 279 g/mol. The normalized spacial score (nSPS) is 10.4. The average molecular weight is 279 g/mol. The number of carbonyl (C=O) groups is 1. The third kappa shape index (κ3) is 3.25. The molecular weight excluding hydrogens is 266 g/mol. The van der Waals surface area contributed by atoms with Crippen LogP contribution in [0.4, 0.5) is 0 Å². The second kappa shape index (κ2) is 5.75.